The molecule has 23 heavy (non-hydrogen) atoms. The second-order valence-corrected chi connectivity index (χ2v) is 5.16. The first-order valence-electron chi connectivity index (χ1n) is 7.17. The molecule has 0 unspecified atom stereocenters. The van der Waals surface area contributed by atoms with Crippen LogP contribution in [0.5, 0.6) is 0 Å². The first-order chi connectivity index (χ1) is 11.1. The van der Waals surface area contributed by atoms with Gasteiger partial charge < -0.3 is 14.7 Å². The molecule has 1 aromatic heterocycles. The van der Waals surface area contributed by atoms with Crippen LogP contribution in [0.4, 0.5) is 11.4 Å². The summed E-state index contributed by atoms with van der Waals surface area (Å²) in [5.41, 5.74) is 1.34. The van der Waals surface area contributed by atoms with E-state index in [0.29, 0.717) is 12.3 Å². The molecule has 7 heteroatoms. The van der Waals surface area contributed by atoms with Crippen molar-refractivity contribution in [3.63, 3.8) is 0 Å². The second kappa shape index (κ2) is 8.21. The van der Waals surface area contributed by atoms with E-state index in [9.17, 15) is 15.2 Å². The number of pyridine rings is 1. The molecule has 0 bridgehead atoms. The average Bonchev–Trinajstić information content (AvgIpc) is 2.55. The van der Waals surface area contributed by atoms with Crippen molar-refractivity contribution in [3.05, 3.63) is 64.5 Å². The first-order valence-corrected chi connectivity index (χ1v) is 7.17. The summed E-state index contributed by atoms with van der Waals surface area (Å²) in [4.78, 5) is 15.9. The summed E-state index contributed by atoms with van der Waals surface area (Å²) in [6.07, 6.45) is 1.93. The lowest BCUT2D eigenvalue weighted by Gasteiger charge is -2.22. The monoisotopic (exact) mass is 317 g/mol. The summed E-state index contributed by atoms with van der Waals surface area (Å²) in [6, 6.07) is 11.2. The van der Waals surface area contributed by atoms with Gasteiger partial charge in [-0.1, -0.05) is 30.3 Å². The number of ether oxygens (including phenoxy) is 1. The topological polar surface area (TPSA) is 88.7 Å². The lowest BCUT2D eigenvalue weighted by Crippen LogP contribution is -2.32. The van der Waals surface area contributed by atoms with Crippen LogP contribution in [0.2, 0.25) is 0 Å². The van der Waals surface area contributed by atoms with Crippen LogP contribution in [-0.4, -0.2) is 41.3 Å². The fourth-order valence-corrected chi connectivity index (χ4v) is 2.20. The summed E-state index contributed by atoms with van der Waals surface area (Å²) >= 11 is 0. The van der Waals surface area contributed by atoms with Crippen LogP contribution in [0.1, 0.15) is 5.56 Å². The van der Waals surface area contributed by atoms with Crippen molar-refractivity contribution in [1.82, 2.24) is 4.98 Å². The zero-order chi connectivity index (χ0) is 16.7. The molecule has 0 saturated heterocycles. The Labute approximate surface area is 134 Å². The molecular weight excluding hydrogens is 298 g/mol. The fourth-order valence-electron chi connectivity index (χ4n) is 2.20. The summed E-state index contributed by atoms with van der Waals surface area (Å²) in [6.45, 7) is 0.786. The van der Waals surface area contributed by atoms with E-state index in [-0.39, 0.29) is 18.8 Å². The fraction of sp³-hybridized carbons (Fsp3) is 0.312. The largest absolute Gasteiger partial charge is 0.389 e. The molecule has 1 aromatic carbocycles. The molecule has 0 amide bonds. The minimum Gasteiger partial charge on any atom is -0.389 e. The number of nitrogens with zero attached hydrogens (tertiary/aromatic N) is 3. The lowest BCUT2D eigenvalue weighted by atomic mass is 10.2. The highest BCUT2D eigenvalue weighted by atomic mass is 16.6. The van der Waals surface area contributed by atoms with E-state index in [1.165, 1.54) is 12.4 Å². The lowest BCUT2D eigenvalue weighted by molar-refractivity contribution is -0.384. The third-order valence-electron chi connectivity index (χ3n) is 3.29. The SMILES string of the molecule is CN(C[C@H](O)COCc1ccccc1)c1ccncc1[N+](=O)[O-]. The Balaban J connectivity index is 1.85. The Bertz CT molecular complexity index is 636. The number of hydrogen-bond donors (Lipinski definition) is 1. The summed E-state index contributed by atoms with van der Waals surface area (Å²) in [5, 5.41) is 21.0. The van der Waals surface area contributed by atoms with Crippen molar-refractivity contribution >= 4 is 11.4 Å². The Morgan fingerprint density at radius 2 is 2.09 bits per heavy atom. The van der Waals surface area contributed by atoms with Crippen molar-refractivity contribution in [1.29, 1.82) is 0 Å². The molecule has 1 N–H and O–H groups in total. The predicted octanol–water partition coefficient (Wildman–Crippen LogP) is 2.00. The molecule has 0 aliphatic heterocycles. The van der Waals surface area contributed by atoms with Gasteiger partial charge >= 0.3 is 5.69 Å². The Hall–Kier alpha value is -2.51. The van der Waals surface area contributed by atoms with Crippen LogP contribution >= 0.6 is 0 Å². The van der Waals surface area contributed by atoms with Crippen molar-refractivity contribution < 1.29 is 14.8 Å². The van der Waals surface area contributed by atoms with Crippen LogP contribution in [-0.2, 0) is 11.3 Å². The van der Waals surface area contributed by atoms with Crippen LogP contribution < -0.4 is 4.90 Å². The maximum Gasteiger partial charge on any atom is 0.310 e. The molecule has 0 fully saturated rings. The van der Waals surface area contributed by atoms with Crippen LogP contribution in [0.15, 0.2) is 48.8 Å². The maximum absolute atomic E-state index is 11.0. The van der Waals surface area contributed by atoms with Crippen molar-refractivity contribution in [2.24, 2.45) is 0 Å². The molecular formula is C16H19N3O4. The highest BCUT2D eigenvalue weighted by Gasteiger charge is 2.18. The highest BCUT2D eigenvalue weighted by Crippen LogP contribution is 2.25. The Morgan fingerprint density at radius 1 is 1.35 bits per heavy atom. The van der Waals surface area contributed by atoms with Gasteiger partial charge in [-0.25, -0.2) is 0 Å². The van der Waals surface area contributed by atoms with E-state index in [1.54, 1.807) is 18.0 Å². The van der Waals surface area contributed by atoms with Crippen molar-refractivity contribution in [2.75, 3.05) is 25.1 Å². The Kier molecular flexibility index (Phi) is 6.02. The minimum absolute atomic E-state index is 0.0904. The zero-order valence-electron chi connectivity index (χ0n) is 12.8. The van der Waals surface area contributed by atoms with E-state index in [0.717, 1.165) is 5.56 Å². The molecule has 7 nitrogen and oxygen atoms in total. The first kappa shape index (κ1) is 16.9. The number of rotatable bonds is 8. The number of anilines is 1. The normalized spacial score (nSPS) is 11.9. The Morgan fingerprint density at radius 3 is 2.78 bits per heavy atom. The molecule has 0 radical (unpaired) electrons. The molecule has 0 aliphatic carbocycles. The zero-order valence-corrected chi connectivity index (χ0v) is 12.8. The van der Waals surface area contributed by atoms with Crippen molar-refractivity contribution in [3.8, 4) is 0 Å². The molecule has 2 rings (SSSR count). The van der Waals surface area contributed by atoms with Gasteiger partial charge in [0.1, 0.15) is 11.9 Å². The van der Waals surface area contributed by atoms with Crippen LogP contribution in [0.3, 0.4) is 0 Å². The molecule has 1 heterocycles. The molecule has 0 spiro atoms. The van der Waals surface area contributed by atoms with Gasteiger partial charge in [-0.15, -0.1) is 0 Å². The van der Waals surface area contributed by atoms with Crippen molar-refractivity contribution in [2.45, 2.75) is 12.7 Å². The number of benzene rings is 1. The number of nitro groups is 1. The van der Waals surface area contributed by atoms with E-state index < -0.39 is 11.0 Å². The summed E-state index contributed by atoms with van der Waals surface area (Å²) in [5.74, 6) is 0. The third kappa shape index (κ3) is 5.01. The van der Waals surface area contributed by atoms with Gasteiger partial charge in [0.05, 0.1) is 24.2 Å². The van der Waals surface area contributed by atoms with Gasteiger partial charge in [0.2, 0.25) is 0 Å². The predicted molar refractivity (Wildman–Crippen MR) is 86.3 cm³/mol. The number of hydrogen-bond acceptors (Lipinski definition) is 6. The quantitative estimate of drug-likeness (QED) is 0.592. The average molecular weight is 317 g/mol. The molecule has 1 atom stereocenters. The van der Waals surface area contributed by atoms with Gasteiger partial charge in [-0.3, -0.25) is 15.1 Å². The van der Waals surface area contributed by atoms with Gasteiger partial charge in [0, 0.05) is 19.8 Å². The minimum atomic E-state index is -0.753. The third-order valence-corrected chi connectivity index (χ3v) is 3.29. The van der Waals surface area contributed by atoms with Gasteiger partial charge in [0.15, 0.2) is 0 Å². The summed E-state index contributed by atoms with van der Waals surface area (Å²) < 4.78 is 5.47. The van der Waals surface area contributed by atoms with E-state index in [4.69, 9.17) is 4.74 Å². The van der Waals surface area contributed by atoms with E-state index >= 15 is 0 Å². The summed E-state index contributed by atoms with van der Waals surface area (Å²) in [7, 11) is 1.68. The highest BCUT2D eigenvalue weighted by molar-refractivity contribution is 5.61. The van der Waals surface area contributed by atoms with Gasteiger partial charge in [0.25, 0.3) is 0 Å². The number of likely N-dealkylation sites (N-methyl/N-ethyl adjacent to an activating group) is 1. The van der Waals surface area contributed by atoms with E-state index in [2.05, 4.69) is 4.98 Å². The van der Waals surface area contributed by atoms with Gasteiger partial charge in [-0.05, 0) is 11.6 Å². The molecule has 2 aromatic rings. The maximum atomic E-state index is 11.0. The van der Waals surface area contributed by atoms with Crippen LogP contribution in [0.25, 0.3) is 0 Å². The standard InChI is InChI=1S/C16H19N3O4/c1-18(15-7-8-17-9-16(15)19(21)22)10-14(20)12-23-11-13-5-3-2-4-6-13/h2-9,14,20H,10-12H2,1H3/t14-/m0/s1. The molecule has 0 saturated carbocycles. The second-order valence-electron chi connectivity index (χ2n) is 5.16. The number of aliphatic hydroxyl groups is 1. The molecule has 0 aliphatic rings. The number of aromatic nitrogens is 1. The van der Waals surface area contributed by atoms with Crippen LogP contribution in [0, 0.1) is 10.1 Å². The smallest absolute Gasteiger partial charge is 0.310 e. The van der Waals surface area contributed by atoms with Gasteiger partial charge in [-0.2, -0.15) is 0 Å². The molecule has 122 valence electrons. The van der Waals surface area contributed by atoms with E-state index in [1.807, 2.05) is 30.3 Å². The number of aliphatic hydroxyl groups excluding tert-OH is 1.